The zero-order chi connectivity index (χ0) is 14.4. The van der Waals surface area contributed by atoms with Crippen molar-refractivity contribution in [2.24, 2.45) is 0 Å². The van der Waals surface area contributed by atoms with E-state index in [1.165, 1.54) is 0 Å². The van der Waals surface area contributed by atoms with Gasteiger partial charge < -0.3 is 4.74 Å². The van der Waals surface area contributed by atoms with Crippen molar-refractivity contribution >= 4 is 21.7 Å². The third kappa shape index (κ3) is 3.89. The third-order valence-corrected chi connectivity index (χ3v) is 4.15. The lowest BCUT2D eigenvalue weighted by Gasteiger charge is -2.13. The standard InChI is InChI=1S/C14H23BrN2O2/c1-5-8-13(19-4)12(18)9-11-14(15)10(6-2)16-17(11)7-3/h13H,5-9H2,1-4H3. The molecule has 108 valence electrons. The molecule has 0 radical (unpaired) electrons. The Morgan fingerprint density at radius 1 is 1.42 bits per heavy atom. The Morgan fingerprint density at radius 2 is 2.11 bits per heavy atom. The van der Waals surface area contributed by atoms with Crippen LogP contribution in [0.4, 0.5) is 0 Å². The second kappa shape index (κ2) is 7.80. The van der Waals surface area contributed by atoms with Crippen LogP contribution in [0, 0.1) is 0 Å². The number of hydrogen-bond donors (Lipinski definition) is 0. The zero-order valence-corrected chi connectivity index (χ0v) is 13.8. The number of Topliss-reactive ketones (excluding diaryl/α,β-unsaturated/α-hetero) is 1. The molecule has 0 saturated heterocycles. The van der Waals surface area contributed by atoms with Crippen LogP contribution in [0.25, 0.3) is 0 Å². The minimum atomic E-state index is -0.304. The predicted molar refractivity (Wildman–Crippen MR) is 79.4 cm³/mol. The summed E-state index contributed by atoms with van der Waals surface area (Å²) in [6.45, 7) is 6.92. The molecular formula is C14H23BrN2O2. The monoisotopic (exact) mass is 330 g/mol. The van der Waals surface area contributed by atoms with Gasteiger partial charge in [0.15, 0.2) is 5.78 Å². The number of ketones is 1. The lowest BCUT2D eigenvalue weighted by atomic mass is 10.1. The Balaban J connectivity index is 2.91. The van der Waals surface area contributed by atoms with Gasteiger partial charge in [0.25, 0.3) is 0 Å². The van der Waals surface area contributed by atoms with Crippen molar-refractivity contribution < 1.29 is 9.53 Å². The summed E-state index contributed by atoms with van der Waals surface area (Å²) in [5, 5.41) is 4.51. The molecule has 1 aromatic heterocycles. The predicted octanol–water partition coefficient (Wildman–Crippen LogP) is 3.15. The molecule has 0 saturated carbocycles. The van der Waals surface area contributed by atoms with E-state index in [2.05, 4.69) is 34.9 Å². The van der Waals surface area contributed by atoms with E-state index >= 15 is 0 Å². The minimum absolute atomic E-state index is 0.127. The molecule has 1 unspecified atom stereocenters. The van der Waals surface area contributed by atoms with Crippen molar-refractivity contribution in [3.63, 3.8) is 0 Å². The second-order valence-corrected chi connectivity index (χ2v) is 5.33. The van der Waals surface area contributed by atoms with E-state index in [1.54, 1.807) is 7.11 Å². The van der Waals surface area contributed by atoms with E-state index in [1.807, 2.05) is 11.6 Å². The fraction of sp³-hybridized carbons (Fsp3) is 0.714. The summed E-state index contributed by atoms with van der Waals surface area (Å²) in [5.41, 5.74) is 1.97. The van der Waals surface area contributed by atoms with E-state index in [0.29, 0.717) is 6.42 Å². The van der Waals surface area contributed by atoms with Crippen LogP contribution in [0.5, 0.6) is 0 Å². The maximum atomic E-state index is 12.3. The molecule has 0 spiro atoms. The van der Waals surface area contributed by atoms with Crippen molar-refractivity contribution in [1.82, 2.24) is 9.78 Å². The number of ether oxygens (including phenoxy) is 1. The summed E-state index contributed by atoms with van der Waals surface area (Å²) in [7, 11) is 1.60. The first-order chi connectivity index (χ1) is 9.08. The van der Waals surface area contributed by atoms with Gasteiger partial charge in [-0.2, -0.15) is 5.10 Å². The number of halogens is 1. The minimum Gasteiger partial charge on any atom is -0.374 e. The molecule has 0 aliphatic heterocycles. The molecule has 0 amide bonds. The second-order valence-electron chi connectivity index (χ2n) is 4.53. The lowest BCUT2D eigenvalue weighted by Crippen LogP contribution is -2.25. The molecule has 4 nitrogen and oxygen atoms in total. The normalized spacial score (nSPS) is 12.7. The van der Waals surface area contributed by atoms with Gasteiger partial charge in [-0.05, 0) is 35.7 Å². The number of hydrogen-bond acceptors (Lipinski definition) is 3. The maximum Gasteiger partial charge on any atom is 0.167 e. The third-order valence-electron chi connectivity index (χ3n) is 3.23. The SMILES string of the molecule is CCCC(OC)C(=O)Cc1c(Br)c(CC)nn1CC. The molecule has 0 bridgehead atoms. The first kappa shape index (κ1) is 16.4. The zero-order valence-electron chi connectivity index (χ0n) is 12.2. The van der Waals surface area contributed by atoms with Gasteiger partial charge in [-0.25, -0.2) is 0 Å². The van der Waals surface area contributed by atoms with E-state index in [9.17, 15) is 4.79 Å². The summed E-state index contributed by atoms with van der Waals surface area (Å²) in [5.74, 6) is 0.127. The molecule has 0 aliphatic carbocycles. The molecule has 0 aliphatic rings. The van der Waals surface area contributed by atoms with Crippen LogP contribution in [0.3, 0.4) is 0 Å². The van der Waals surface area contributed by atoms with Crippen molar-refractivity contribution in [3.8, 4) is 0 Å². The summed E-state index contributed by atoms with van der Waals surface area (Å²) >= 11 is 3.57. The van der Waals surface area contributed by atoms with Crippen molar-refractivity contribution in [2.45, 2.75) is 59.1 Å². The molecule has 5 heteroatoms. The first-order valence-corrected chi connectivity index (χ1v) is 7.67. The highest BCUT2D eigenvalue weighted by Crippen LogP contribution is 2.23. The maximum absolute atomic E-state index is 12.3. The number of rotatable bonds is 8. The molecular weight excluding hydrogens is 308 g/mol. The molecule has 1 rings (SSSR count). The van der Waals surface area contributed by atoms with Crippen molar-refractivity contribution in [3.05, 3.63) is 15.9 Å². The highest BCUT2D eigenvalue weighted by Gasteiger charge is 2.22. The van der Waals surface area contributed by atoms with E-state index < -0.39 is 0 Å². The Labute approximate surface area is 123 Å². The molecule has 0 N–H and O–H groups in total. The molecule has 1 atom stereocenters. The number of carbonyl (C=O) groups excluding carboxylic acids is 1. The summed E-state index contributed by atoms with van der Waals surface area (Å²) in [6, 6.07) is 0. The summed E-state index contributed by atoms with van der Waals surface area (Å²) in [4.78, 5) is 12.3. The Morgan fingerprint density at radius 3 is 2.58 bits per heavy atom. The van der Waals surface area contributed by atoms with Crippen LogP contribution in [0.15, 0.2) is 4.47 Å². The van der Waals surface area contributed by atoms with Gasteiger partial charge in [0.1, 0.15) is 6.10 Å². The van der Waals surface area contributed by atoms with Crippen LogP contribution in [0.1, 0.15) is 45.0 Å². The molecule has 1 aromatic rings. The van der Waals surface area contributed by atoms with E-state index in [4.69, 9.17) is 4.74 Å². The van der Waals surface area contributed by atoms with Crippen LogP contribution in [-0.2, 0) is 28.9 Å². The average molecular weight is 331 g/mol. The van der Waals surface area contributed by atoms with Crippen LogP contribution in [-0.4, -0.2) is 28.8 Å². The largest absolute Gasteiger partial charge is 0.374 e. The fourth-order valence-corrected chi connectivity index (χ4v) is 2.84. The number of nitrogens with zero attached hydrogens (tertiary/aromatic N) is 2. The highest BCUT2D eigenvalue weighted by molar-refractivity contribution is 9.10. The summed E-state index contributed by atoms with van der Waals surface area (Å²) in [6.07, 6.45) is 2.64. The summed E-state index contributed by atoms with van der Waals surface area (Å²) < 4.78 is 8.15. The molecule has 1 heterocycles. The highest BCUT2D eigenvalue weighted by atomic mass is 79.9. The Kier molecular flexibility index (Phi) is 6.72. The van der Waals surface area contributed by atoms with Gasteiger partial charge in [0.05, 0.1) is 22.3 Å². The fourth-order valence-electron chi connectivity index (χ4n) is 2.14. The van der Waals surface area contributed by atoms with Gasteiger partial charge >= 0.3 is 0 Å². The first-order valence-electron chi connectivity index (χ1n) is 6.88. The lowest BCUT2D eigenvalue weighted by molar-refractivity contribution is -0.128. The van der Waals surface area contributed by atoms with Crippen molar-refractivity contribution in [1.29, 1.82) is 0 Å². The van der Waals surface area contributed by atoms with Gasteiger partial charge in [-0.1, -0.05) is 20.3 Å². The van der Waals surface area contributed by atoms with Gasteiger partial charge in [0, 0.05) is 13.7 Å². The molecule has 0 aromatic carbocycles. The number of aromatic nitrogens is 2. The van der Waals surface area contributed by atoms with E-state index in [0.717, 1.165) is 41.7 Å². The Bertz CT molecular complexity index is 429. The van der Waals surface area contributed by atoms with Crippen molar-refractivity contribution in [2.75, 3.05) is 7.11 Å². The van der Waals surface area contributed by atoms with Crippen LogP contribution in [0.2, 0.25) is 0 Å². The topological polar surface area (TPSA) is 44.1 Å². The number of carbonyl (C=O) groups is 1. The van der Waals surface area contributed by atoms with Gasteiger partial charge in [0.2, 0.25) is 0 Å². The van der Waals surface area contributed by atoms with E-state index in [-0.39, 0.29) is 11.9 Å². The quantitative estimate of drug-likeness (QED) is 0.735. The van der Waals surface area contributed by atoms with Gasteiger partial charge in [-0.3, -0.25) is 9.48 Å². The average Bonchev–Trinajstić information content (AvgIpc) is 2.72. The smallest absolute Gasteiger partial charge is 0.167 e. The Hall–Kier alpha value is -0.680. The van der Waals surface area contributed by atoms with Gasteiger partial charge in [-0.15, -0.1) is 0 Å². The number of methoxy groups -OCH3 is 1. The molecule has 0 fully saturated rings. The molecule has 19 heavy (non-hydrogen) atoms. The van der Waals surface area contributed by atoms with Crippen LogP contribution >= 0.6 is 15.9 Å². The van der Waals surface area contributed by atoms with Crippen LogP contribution < -0.4 is 0 Å². The number of aryl methyl sites for hydroxylation is 2.